The molecule has 0 unspecified atom stereocenters. The van der Waals surface area contributed by atoms with E-state index < -0.39 is 0 Å². The first-order valence-corrected chi connectivity index (χ1v) is 7.18. The lowest BCUT2D eigenvalue weighted by molar-refractivity contribution is 0.0604. The van der Waals surface area contributed by atoms with Crippen molar-refractivity contribution in [3.8, 4) is 0 Å². The third-order valence-electron chi connectivity index (χ3n) is 4.00. The van der Waals surface area contributed by atoms with Crippen LogP contribution in [0.15, 0.2) is 0 Å². The van der Waals surface area contributed by atoms with Crippen LogP contribution in [0.2, 0.25) is 0 Å². The smallest absolute Gasteiger partial charge is 0.274 e. The highest BCUT2D eigenvalue weighted by Crippen LogP contribution is 2.23. The van der Waals surface area contributed by atoms with Crippen LogP contribution in [0.3, 0.4) is 0 Å². The minimum atomic E-state index is -0.00642. The molecule has 0 saturated carbocycles. The van der Waals surface area contributed by atoms with Crippen molar-refractivity contribution in [2.24, 2.45) is 13.0 Å². The normalized spacial score (nSPS) is 16.6. The van der Waals surface area contributed by atoms with Crippen LogP contribution in [0.25, 0.3) is 0 Å². The summed E-state index contributed by atoms with van der Waals surface area (Å²) in [5, 5.41) is 4.31. The summed E-state index contributed by atoms with van der Waals surface area (Å²) in [7, 11) is 3.50. The molecular formula is C14H24N4O2. The predicted octanol–water partition coefficient (Wildman–Crippen LogP) is 1.06. The van der Waals surface area contributed by atoms with Gasteiger partial charge in [-0.05, 0) is 25.2 Å². The third-order valence-corrected chi connectivity index (χ3v) is 4.00. The number of nitrogens with two attached hydrogens (primary N) is 1. The summed E-state index contributed by atoms with van der Waals surface area (Å²) < 4.78 is 6.79. The number of rotatable bonds is 4. The molecule has 1 aromatic rings. The molecule has 2 N–H and O–H groups in total. The topological polar surface area (TPSA) is 73.4 Å². The standard InChI is InChI=1S/C14H24N4O2/c1-4-11-12(15)13(17(2)16-11)14(19)18-7-5-10(6-8-18)9-20-3/h10H,4-9,15H2,1-3H3. The van der Waals surface area contributed by atoms with Crippen molar-refractivity contribution in [3.05, 3.63) is 11.4 Å². The van der Waals surface area contributed by atoms with E-state index in [1.165, 1.54) is 0 Å². The second-order valence-corrected chi connectivity index (χ2v) is 5.38. The number of aryl methyl sites for hydroxylation is 2. The molecule has 112 valence electrons. The van der Waals surface area contributed by atoms with Crippen molar-refractivity contribution in [2.75, 3.05) is 32.5 Å². The highest BCUT2D eigenvalue weighted by molar-refractivity contribution is 5.98. The SMILES string of the molecule is CCc1nn(C)c(C(=O)N2CCC(COC)CC2)c1N. The highest BCUT2D eigenvalue weighted by Gasteiger charge is 2.27. The molecule has 1 aliphatic rings. The largest absolute Gasteiger partial charge is 0.395 e. The molecule has 0 aromatic carbocycles. The number of ether oxygens (including phenoxy) is 1. The first-order valence-electron chi connectivity index (χ1n) is 7.18. The Kier molecular flexibility index (Phi) is 4.65. The maximum atomic E-state index is 12.6. The first kappa shape index (κ1) is 14.8. The monoisotopic (exact) mass is 280 g/mol. The summed E-state index contributed by atoms with van der Waals surface area (Å²) in [5.41, 5.74) is 7.89. The molecule has 6 nitrogen and oxygen atoms in total. The van der Waals surface area contributed by atoms with Crippen molar-refractivity contribution >= 4 is 11.6 Å². The fourth-order valence-corrected chi connectivity index (χ4v) is 2.80. The molecule has 1 fully saturated rings. The second kappa shape index (κ2) is 6.26. The van der Waals surface area contributed by atoms with E-state index in [1.54, 1.807) is 18.8 Å². The van der Waals surface area contributed by atoms with Crippen molar-refractivity contribution in [3.63, 3.8) is 0 Å². The lowest BCUT2D eigenvalue weighted by atomic mass is 9.97. The van der Waals surface area contributed by atoms with E-state index in [0.717, 1.165) is 44.7 Å². The van der Waals surface area contributed by atoms with E-state index in [4.69, 9.17) is 10.5 Å². The number of carbonyl (C=O) groups is 1. The Bertz CT molecular complexity index is 476. The zero-order valence-electron chi connectivity index (χ0n) is 12.6. The Balaban J connectivity index is 2.07. The number of nitrogen functional groups attached to an aromatic ring is 1. The van der Waals surface area contributed by atoms with Gasteiger partial charge in [0.15, 0.2) is 0 Å². The number of amides is 1. The quantitative estimate of drug-likeness (QED) is 0.895. The van der Waals surface area contributed by atoms with E-state index >= 15 is 0 Å². The van der Waals surface area contributed by atoms with E-state index in [1.807, 2.05) is 11.8 Å². The summed E-state index contributed by atoms with van der Waals surface area (Å²) in [5.74, 6) is 0.548. The van der Waals surface area contributed by atoms with Crippen molar-refractivity contribution in [1.29, 1.82) is 0 Å². The van der Waals surface area contributed by atoms with Gasteiger partial charge < -0.3 is 15.4 Å². The zero-order chi connectivity index (χ0) is 14.7. The zero-order valence-corrected chi connectivity index (χ0v) is 12.6. The Morgan fingerprint density at radius 3 is 2.60 bits per heavy atom. The molecule has 6 heteroatoms. The fourth-order valence-electron chi connectivity index (χ4n) is 2.80. The summed E-state index contributed by atoms with van der Waals surface area (Å²) in [6, 6.07) is 0. The molecule has 1 aliphatic heterocycles. The Morgan fingerprint density at radius 2 is 2.10 bits per heavy atom. The molecule has 2 heterocycles. The predicted molar refractivity (Wildman–Crippen MR) is 77.5 cm³/mol. The van der Waals surface area contributed by atoms with Crippen LogP contribution in [0.1, 0.15) is 35.9 Å². The summed E-state index contributed by atoms with van der Waals surface area (Å²) in [4.78, 5) is 14.5. The van der Waals surface area contributed by atoms with Gasteiger partial charge in [0, 0.05) is 33.9 Å². The number of carbonyl (C=O) groups excluding carboxylic acids is 1. The van der Waals surface area contributed by atoms with Crippen molar-refractivity contribution in [2.45, 2.75) is 26.2 Å². The molecule has 0 bridgehead atoms. The number of hydrogen-bond acceptors (Lipinski definition) is 4. The third kappa shape index (κ3) is 2.80. The van der Waals surface area contributed by atoms with Crippen LogP contribution in [-0.2, 0) is 18.2 Å². The number of hydrogen-bond donors (Lipinski definition) is 1. The number of methoxy groups -OCH3 is 1. The summed E-state index contributed by atoms with van der Waals surface area (Å²) in [6.45, 7) is 4.29. The molecular weight excluding hydrogens is 256 g/mol. The van der Waals surface area contributed by atoms with Crippen LogP contribution in [0.4, 0.5) is 5.69 Å². The van der Waals surface area contributed by atoms with Crippen molar-refractivity contribution < 1.29 is 9.53 Å². The first-order chi connectivity index (χ1) is 9.58. The number of aromatic nitrogens is 2. The number of piperidine rings is 1. The van der Waals surface area contributed by atoms with E-state index in [2.05, 4.69) is 5.10 Å². The van der Waals surface area contributed by atoms with Gasteiger partial charge in [0.25, 0.3) is 5.91 Å². The second-order valence-electron chi connectivity index (χ2n) is 5.38. The molecule has 0 atom stereocenters. The number of anilines is 1. The van der Waals surface area contributed by atoms with Gasteiger partial charge in [-0.15, -0.1) is 0 Å². The molecule has 0 spiro atoms. The number of likely N-dealkylation sites (tertiary alicyclic amines) is 1. The van der Waals surface area contributed by atoms with E-state index in [0.29, 0.717) is 17.3 Å². The average Bonchev–Trinajstić information content (AvgIpc) is 2.74. The van der Waals surface area contributed by atoms with Crippen LogP contribution in [-0.4, -0.2) is 47.4 Å². The molecule has 2 rings (SSSR count). The van der Waals surface area contributed by atoms with Crippen LogP contribution in [0.5, 0.6) is 0 Å². The Hall–Kier alpha value is -1.56. The van der Waals surface area contributed by atoms with Gasteiger partial charge in [-0.2, -0.15) is 5.10 Å². The maximum absolute atomic E-state index is 12.6. The van der Waals surface area contributed by atoms with Gasteiger partial charge >= 0.3 is 0 Å². The molecule has 0 aliphatic carbocycles. The van der Waals surface area contributed by atoms with E-state index in [-0.39, 0.29) is 5.91 Å². The van der Waals surface area contributed by atoms with Gasteiger partial charge in [-0.3, -0.25) is 9.48 Å². The van der Waals surface area contributed by atoms with Gasteiger partial charge in [0.1, 0.15) is 5.69 Å². The van der Waals surface area contributed by atoms with Crippen molar-refractivity contribution in [1.82, 2.24) is 14.7 Å². The molecule has 0 radical (unpaired) electrons. The lowest BCUT2D eigenvalue weighted by Crippen LogP contribution is -2.40. The van der Waals surface area contributed by atoms with Gasteiger partial charge in [-0.1, -0.05) is 6.92 Å². The average molecular weight is 280 g/mol. The lowest BCUT2D eigenvalue weighted by Gasteiger charge is -2.31. The molecule has 1 saturated heterocycles. The minimum Gasteiger partial charge on any atom is -0.395 e. The summed E-state index contributed by atoms with van der Waals surface area (Å²) >= 11 is 0. The molecule has 1 aromatic heterocycles. The minimum absolute atomic E-state index is 0.00642. The van der Waals surface area contributed by atoms with Crippen LogP contribution in [0, 0.1) is 5.92 Å². The van der Waals surface area contributed by atoms with Gasteiger partial charge in [-0.25, -0.2) is 0 Å². The van der Waals surface area contributed by atoms with E-state index in [9.17, 15) is 4.79 Å². The fraction of sp³-hybridized carbons (Fsp3) is 0.714. The van der Waals surface area contributed by atoms with Gasteiger partial charge in [0.2, 0.25) is 0 Å². The highest BCUT2D eigenvalue weighted by atomic mass is 16.5. The molecule has 1 amide bonds. The maximum Gasteiger partial charge on any atom is 0.274 e. The van der Waals surface area contributed by atoms with Gasteiger partial charge in [0.05, 0.1) is 11.4 Å². The Labute approximate surface area is 119 Å². The number of nitrogens with zero attached hydrogens (tertiary/aromatic N) is 3. The Morgan fingerprint density at radius 1 is 1.45 bits per heavy atom. The van der Waals surface area contributed by atoms with Crippen LogP contribution < -0.4 is 5.73 Å². The van der Waals surface area contributed by atoms with Crippen LogP contribution >= 0.6 is 0 Å². The molecule has 20 heavy (non-hydrogen) atoms. The summed E-state index contributed by atoms with van der Waals surface area (Å²) in [6.07, 6.45) is 2.71.